The number of nitrogens with zero attached hydrogens (tertiary/aromatic N) is 1. The van der Waals surface area contributed by atoms with Gasteiger partial charge in [-0.05, 0) is 58.3 Å². The lowest BCUT2D eigenvalue weighted by Gasteiger charge is -2.28. The number of hydrogen-bond donors (Lipinski definition) is 0. The summed E-state index contributed by atoms with van der Waals surface area (Å²) in [6, 6.07) is 10.3. The lowest BCUT2D eigenvalue weighted by atomic mass is 10.1. The van der Waals surface area contributed by atoms with E-state index in [0.29, 0.717) is 6.79 Å². The van der Waals surface area contributed by atoms with Gasteiger partial charge in [0.2, 0.25) is 0 Å². The number of halogens is 6. The van der Waals surface area contributed by atoms with Crippen molar-refractivity contribution < 1.29 is 52.7 Å². The van der Waals surface area contributed by atoms with Crippen LogP contribution in [0.4, 0.5) is 26.3 Å². The zero-order valence-electron chi connectivity index (χ0n) is 37.7. The molecule has 0 N–H and O–H groups in total. The van der Waals surface area contributed by atoms with E-state index in [1.165, 1.54) is 134 Å². The van der Waals surface area contributed by atoms with Gasteiger partial charge >= 0.3 is 11.0 Å². The molecule has 1 heterocycles. The van der Waals surface area contributed by atoms with Crippen LogP contribution in [0.5, 0.6) is 0 Å². The molecule has 16 heteroatoms. The van der Waals surface area contributed by atoms with Gasteiger partial charge in [0.05, 0.1) is 37.9 Å². The quantitative estimate of drug-likeness (QED) is 0.0433. The Morgan fingerprint density at radius 2 is 0.750 bits per heavy atom. The number of rotatable bonds is 30. The Bertz CT molecular complexity index is 1240. The van der Waals surface area contributed by atoms with Crippen molar-refractivity contribution in [2.45, 2.75) is 200 Å². The van der Waals surface area contributed by atoms with E-state index in [2.05, 4.69) is 46.8 Å². The maximum Gasteiger partial charge on any atom is 0.480 e. The minimum atomic E-state index is -6.72. The second-order valence-corrected chi connectivity index (χ2v) is 23.7. The van der Waals surface area contributed by atoms with Crippen molar-refractivity contribution in [2.75, 3.05) is 44.7 Å². The van der Waals surface area contributed by atoms with Crippen molar-refractivity contribution in [3.63, 3.8) is 0 Å². The molecule has 0 unspecified atom stereocenters. The Labute approximate surface area is 363 Å². The Morgan fingerprint density at radius 3 is 0.967 bits per heavy atom. The third-order valence-corrected chi connectivity index (χ3v) is 18.0. The van der Waals surface area contributed by atoms with Gasteiger partial charge in [0.25, 0.3) is 0 Å². The summed E-state index contributed by atoms with van der Waals surface area (Å²) in [7, 11) is -14.1. The number of sulfonamides is 2. The molecule has 1 aliphatic rings. The van der Waals surface area contributed by atoms with Crippen molar-refractivity contribution in [1.82, 2.24) is 0 Å². The summed E-state index contributed by atoms with van der Waals surface area (Å²) in [5.41, 5.74) is -11.1. The average Bonchev–Trinajstić information content (AvgIpc) is 3.78. The summed E-state index contributed by atoms with van der Waals surface area (Å²) >= 11 is 0. The van der Waals surface area contributed by atoms with Gasteiger partial charge < -0.3 is 13.6 Å². The Balaban J connectivity index is 0. The molecule has 1 fully saturated rings. The van der Waals surface area contributed by atoms with Crippen molar-refractivity contribution in [2.24, 2.45) is 0 Å². The first kappa shape index (κ1) is 61.1. The van der Waals surface area contributed by atoms with Crippen molar-refractivity contribution in [3.8, 4) is 0 Å². The largest absolute Gasteiger partial charge is 0.480 e. The van der Waals surface area contributed by atoms with E-state index in [1.54, 1.807) is 50.3 Å². The van der Waals surface area contributed by atoms with Crippen LogP contribution in [0.25, 0.3) is 4.13 Å². The van der Waals surface area contributed by atoms with Crippen LogP contribution in [-0.4, -0.2) is 72.5 Å². The summed E-state index contributed by atoms with van der Waals surface area (Å²) in [5, 5.41) is 0. The first-order valence-electron chi connectivity index (χ1n) is 22.7. The number of hydrogen-bond acceptors (Lipinski definition) is 6. The van der Waals surface area contributed by atoms with E-state index in [4.69, 9.17) is 9.47 Å². The van der Waals surface area contributed by atoms with Crippen molar-refractivity contribution in [3.05, 3.63) is 40.0 Å². The van der Waals surface area contributed by atoms with Gasteiger partial charge in [-0.3, -0.25) is 0 Å². The molecular weight excluding hydrogens is 848 g/mol. The Morgan fingerprint density at radius 1 is 0.483 bits per heavy atom. The fraction of sp³-hybridized carbons (Fsp3) is 0.864. The highest BCUT2D eigenvalue weighted by molar-refractivity contribution is 8.13. The standard InChI is InChI=1S/C32H68P.C7H8.C3H6O2.C2F6NO4S2/c1-5-9-13-17-18-19-20-21-22-23-24-28-32-33(29-25-14-10-6-2,30-26-15-11-7-3)31-27-16-12-8-4;1-7-5-3-2-4-6-7;1-2-5-3-4-1;3-1(4,5)14(10,11)9-15(12,13)2(6,7)8/h5-32H2,1-4H3;2-6H,1H3;1-3H2;/q+1;;;-1. The maximum absolute atomic E-state index is 11.4. The molecule has 1 aromatic rings. The minimum absolute atomic E-state index is 0.500. The highest BCUT2D eigenvalue weighted by atomic mass is 32.3. The fourth-order valence-corrected chi connectivity index (χ4v) is 13.3. The molecule has 60 heavy (non-hydrogen) atoms. The van der Waals surface area contributed by atoms with Gasteiger partial charge in [0.1, 0.15) is 6.79 Å². The van der Waals surface area contributed by atoms with Crippen LogP contribution in [0.3, 0.4) is 0 Å². The second-order valence-electron chi connectivity index (χ2n) is 15.8. The maximum atomic E-state index is 11.4. The lowest BCUT2D eigenvalue weighted by Crippen LogP contribution is -2.30. The molecule has 1 saturated heterocycles. The summed E-state index contributed by atoms with van der Waals surface area (Å²) in [5.74, 6) is 0. The topological polar surface area (TPSA) is 101 Å². The van der Waals surface area contributed by atoms with E-state index in [9.17, 15) is 43.2 Å². The molecule has 358 valence electrons. The van der Waals surface area contributed by atoms with Crippen molar-refractivity contribution >= 4 is 27.3 Å². The summed E-state index contributed by atoms with van der Waals surface area (Å²) in [4.78, 5) is 0. The van der Waals surface area contributed by atoms with Crippen LogP contribution in [0.2, 0.25) is 0 Å². The van der Waals surface area contributed by atoms with E-state index in [1.807, 2.05) is 18.2 Å². The highest BCUT2D eigenvalue weighted by Crippen LogP contribution is 2.61. The molecule has 0 aliphatic carbocycles. The Hall–Kier alpha value is -0.990. The lowest BCUT2D eigenvalue weighted by molar-refractivity contribution is -0.0444. The first-order chi connectivity index (χ1) is 28.3. The predicted molar refractivity (Wildman–Crippen MR) is 241 cm³/mol. The van der Waals surface area contributed by atoms with Gasteiger partial charge in [-0.25, -0.2) is 16.8 Å². The zero-order chi connectivity index (χ0) is 45.7. The van der Waals surface area contributed by atoms with Crippen molar-refractivity contribution in [1.29, 1.82) is 0 Å². The molecule has 0 amide bonds. The van der Waals surface area contributed by atoms with Gasteiger partial charge in [-0.2, -0.15) is 26.3 Å². The van der Waals surface area contributed by atoms with Gasteiger partial charge in [-0.1, -0.05) is 166 Å². The monoisotopic (exact) mass is 930 g/mol. The molecule has 7 nitrogen and oxygen atoms in total. The summed E-state index contributed by atoms with van der Waals surface area (Å²) in [6.07, 6.45) is 42.1. The smallest absolute Gasteiger partial charge is 0.421 e. The van der Waals surface area contributed by atoms with Crippen LogP contribution >= 0.6 is 7.26 Å². The van der Waals surface area contributed by atoms with E-state index in [0.717, 1.165) is 17.3 Å². The molecule has 0 bridgehead atoms. The zero-order valence-corrected chi connectivity index (χ0v) is 40.3. The first-order valence-corrected chi connectivity index (χ1v) is 28.1. The molecule has 2 rings (SSSR count). The molecular formula is C44H82F6NO6PS2. The number of alkyl halides is 6. The Kier molecular flexibility index (Phi) is 38.1. The van der Waals surface area contributed by atoms with Gasteiger partial charge in [0.15, 0.2) is 20.0 Å². The average molecular weight is 930 g/mol. The fourth-order valence-electron chi connectivity index (χ4n) is 6.62. The summed E-state index contributed by atoms with van der Waals surface area (Å²) < 4.78 is 119. The minimum Gasteiger partial charge on any atom is -0.421 e. The molecule has 1 aliphatic heterocycles. The van der Waals surface area contributed by atoms with E-state index >= 15 is 0 Å². The van der Waals surface area contributed by atoms with Crippen LogP contribution in [0.1, 0.15) is 187 Å². The molecule has 0 aromatic heterocycles. The van der Waals surface area contributed by atoms with Crippen LogP contribution < -0.4 is 0 Å². The number of unbranched alkanes of at least 4 members (excludes halogenated alkanes) is 20. The second kappa shape index (κ2) is 37.4. The predicted octanol–water partition coefficient (Wildman–Crippen LogP) is 15.5. The molecule has 0 spiro atoms. The van der Waals surface area contributed by atoms with Crippen LogP contribution in [-0.2, 0) is 29.5 Å². The third kappa shape index (κ3) is 34.5. The SMILES string of the molecule is C1COCO1.CCCCCCCCCCCCCC[P+](CCCCCC)(CCCCCC)CCCCCC.Cc1ccccc1.O=S(=O)([N-]S(=O)(=O)C(F)(F)F)C(F)(F)F. The van der Waals surface area contributed by atoms with Crippen LogP contribution in [0.15, 0.2) is 30.3 Å². The van der Waals surface area contributed by atoms with E-state index in [-0.39, 0.29) is 0 Å². The summed E-state index contributed by atoms with van der Waals surface area (Å²) in [6.45, 7) is 13.6. The van der Waals surface area contributed by atoms with Gasteiger partial charge in [-0.15, -0.1) is 0 Å². The number of aryl methyl sites for hydroxylation is 1. The van der Waals surface area contributed by atoms with Gasteiger partial charge in [0, 0.05) is 7.26 Å². The third-order valence-electron chi connectivity index (χ3n) is 10.2. The van der Waals surface area contributed by atoms with E-state index < -0.39 is 38.3 Å². The molecule has 0 atom stereocenters. The normalized spacial score (nSPS) is 13.4. The van der Waals surface area contributed by atoms with Crippen LogP contribution in [0, 0.1) is 6.92 Å². The number of ether oxygens (including phenoxy) is 2. The molecule has 0 radical (unpaired) electrons. The molecule has 1 aromatic carbocycles. The highest BCUT2D eigenvalue weighted by Gasteiger charge is 2.47. The molecule has 0 saturated carbocycles. The number of benzene rings is 1.